The van der Waals surface area contributed by atoms with Gasteiger partial charge in [0.1, 0.15) is 11.6 Å². The number of ether oxygens (including phenoxy) is 2. The zero-order chi connectivity index (χ0) is 21.1. The number of nitrogens with zero attached hydrogens (tertiary/aromatic N) is 1. The van der Waals surface area contributed by atoms with Crippen LogP contribution in [0.2, 0.25) is 0 Å². The smallest absolute Gasteiger partial charge is 0.338 e. The number of carbonyl (C=O) groups is 1. The fourth-order valence-electron chi connectivity index (χ4n) is 4.10. The van der Waals surface area contributed by atoms with Gasteiger partial charge in [0.05, 0.1) is 19.3 Å². The first-order chi connectivity index (χ1) is 14.6. The van der Waals surface area contributed by atoms with Gasteiger partial charge in [-0.05, 0) is 84.2 Å². The predicted molar refractivity (Wildman–Crippen MR) is 113 cm³/mol. The van der Waals surface area contributed by atoms with Gasteiger partial charge in [0.15, 0.2) is 0 Å². The van der Waals surface area contributed by atoms with Crippen LogP contribution in [0.3, 0.4) is 0 Å². The van der Waals surface area contributed by atoms with E-state index in [1.807, 2.05) is 19.1 Å². The van der Waals surface area contributed by atoms with Crippen molar-refractivity contribution in [2.45, 2.75) is 32.1 Å². The predicted octanol–water partition coefficient (Wildman–Crippen LogP) is 5.48. The molecule has 0 radical (unpaired) electrons. The summed E-state index contributed by atoms with van der Waals surface area (Å²) in [5.74, 6) is 0.591. The molecule has 2 aromatic carbocycles. The van der Waals surface area contributed by atoms with Crippen molar-refractivity contribution in [2.75, 3.05) is 13.7 Å². The Balaban J connectivity index is 1.57. The minimum Gasteiger partial charge on any atom is -0.493 e. The molecule has 0 saturated carbocycles. The first kappa shape index (κ1) is 20.1. The summed E-state index contributed by atoms with van der Waals surface area (Å²) in [6.45, 7) is 2.62. The molecule has 4 nitrogen and oxygen atoms in total. The highest BCUT2D eigenvalue weighted by molar-refractivity contribution is 5.90. The van der Waals surface area contributed by atoms with E-state index in [1.54, 1.807) is 30.6 Å². The summed E-state index contributed by atoms with van der Waals surface area (Å²) in [6, 6.07) is 12.7. The molecule has 0 saturated heterocycles. The second-order valence-corrected chi connectivity index (χ2v) is 7.61. The molecule has 1 aromatic heterocycles. The number of pyridine rings is 1. The van der Waals surface area contributed by atoms with Crippen LogP contribution in [0.25, 0.3) is 11.1 Å². The molecule has 1 atom stereocenters. The largest absolute Gasteiger partial charge is 0.493 e. The maximum Gasteiger partial charge on any atom is 0.338 e. The minimum atomic E-state index is -0.338. The van der Waals surface area contributed by atoms with Gasteiger partial charge < -0.3 is 9.47 Å². The zero-order valence-electron chi connectivity index (χ0n) is 17.2. The van der Waals surface area contributed by atoms with Gasteiger partial charge in [-0.2, -0.15) is 0 Å². The molecule has 0 spiro atoms. The Kier molecular flexibility index (Phi) is 5.79. The van der Waals surface area contributed by atoms with Crippen molar-refractivity contribution >= 4 is 5.97 Å². The van der Waals surface area contributed by atoms with E-state index in [0.717, 1.165) is 52.8 Å². The van der Waals surface area contributed by atoms with Crippen LogP contribution in [0.4, 0.5) is 4.39 Å². The van der Waals surface area contributed by atoms with Crippen LogP contribution in [0.15, 0.2) is 54.9 Å². The number of esters is 1. The molecule has 154 valence electrons. The van der Waals surface area contributed by atoms with Gasteiger partial charge in [-0.3, -0.25) is 4.98 Å². The van der Waals surface area contributed by atoms with E-state index in [0.29, 0.717) is 18.1 Å². The summed E-state index contributed by atoms with van der Waals surface area (Å²) in [5.41, 5.74) is 5.47. The van der Waals surface area contributed by atoms with Crippen LogP contribution in [0, 0.1) is 12.7 Å². The normalized spacial score (nSPS) is 15.2. The highest BCUT2D eigenvalue weighted by Gasteiger charge is 2.23. The van der Waals surface area contributed by atoms with Gasteiger partial charge in [-0.15, -0.1) is 0 Å². The Hall–Kier alpha value is -3.21. The Morgan fingerprint density at radius 3 is 2.93 bits per heavy atom. The molecular weight excluding hydrogens is 381 g/mol. The van der Waals surface area contributed by atoms with Crippen molar-refractivity contribution in [3.63, 3.8) is 0 Å². The van der Waals surface area contributed by atoms with Crippen molar-refractivity contribution < 1.29 is 18.7 Å². The number of halogens is 1. The summed E-state index contributed by atoms with van der Waals surface area (Å²) in [5, 5.41) is 0. The SMILES string of the molecule is COC(=O)c1ccncc1CC[C@@H]1CCOc2cc(-c3cc(F)ccc3C)ccc21. The Morgan fingerprint density at radius 2 is 2.10 bits per heavy atom. The van der Waals surface area contributed by atoms with Gasteiger partial charge in [0.2, 0.25) is 0 Å². The monoisotopic (exact) mass is 405 g/mol. The van der Waals surface area contributed by atoms with Gasteiger partial charge in [-0.25, -0.2) is 9.18 Å². The number of hydrogen-bond donors (Lipinski definition) is 0. The Morgan fingerprint density at radius 1 is 1.23 bits per heavy atom. The van der Waals surface area contributed by atoms with Crippen LogP contribution in [0.5, 0.6) is 5.75 Å². The van der Waals surface area contributed by atoms with E-state index in [9.17, 15) is 9.18 Å². The lowest BCUT2D eigenvalue weighted by Gasteiger charge is -2.27. The summed E-state index contributed by atoms with van der Waals surface area (Å²) in [4.78, 5) is 16.2. The summed E-state index contributed by atoms with van der Waals surface area (Å²) in [7, 11) is 1.39. The summed E-state index contributed by atoms with van der Waals surface area (Å²) >= 11 is 0. The molecule has 0 unspecified atom stereocenters. The molecule has 0 N–H and O–H groups in total. The third-order valence-corrected chi connectivity index (χ3v) is 5.76. The van der Waals surface area contributed by atoms with E-state index < -0.39 is 0 Å². The third-order valence-electron chi connectivity index (χ3n) is 5.76. The molecule has 3 aromatic rings. The maximum atomic E-state index is 13.7. The number of benzene rings is 2. The molecule has 0 amide bonds. The minimum absolute atomic E-state index is 0.245. The van der Waals surface area contributed by atoms with Crippen LogP contribution in [0.1, 0.15) is 45.8 Å². The van der Waals surface area contributed by atoms with Crippen LogP contribution < -0.4 is 4.74 Å². The number of carbonyl (C=O) groups excluding carboxylic acids is 1. The van der Waals surface area contributed by atoms with Crippen molar-refractivity contribution in [3.05, 3.63) is 82.9 Å². The molecule has 5 heteroatoms. The van der Waals surface area contributed by atoms with Gasteiger partial charge in [0.25, 0.3) is 0 Å². The fraction of sp³-hybridized carbons (Fsp3) is 0.280. The molecule has 0 aliphatic carbocycles. The van der Waals surface area contributed by atoms with Crippen molar-refractivity contribution in [3.8, 4) is 16.9 Å². The van der Waals surface area contributed by atoms with E-state index >= 15 is 0 Å². The zero-order valence-corrected chi connectivity index (χ0v) is 17.2. The number of aryl methyl sites for hydroxylation is 2. The lowest BCUT2D eigenvalue weighted by atomic mass is 9.86. The second kappa shape index (κ2) is 8.66. The average molecular weight is 405 g/mol. The number of fused-ring (bicyclic) bond motifs is 1. The van der Waals surface area contributed by atoms with Gasteiger partial charge in [-0.1, -0.05) is 18.2 Å². The van der Waals surface area contributed by atoms with E-state index in [2.05, 4.69) is 11.1 Å². The molecule has 4 rings (SSSR count). The fourth-order valence-corrected chi connectivity index (χ4v) is 4.10. The number of rotatable bonds is 5. The molecule has 2 heterocycles. The third kappa shape index (κ3) is 4.06. The van der Waals surface area contributed by atoms with Crippen molar-refractivity contribution in [1.82, 2.24) is 4.98 Å². The molecule has 1 aliphatic heterocycles. The first-order valence-corrected chi connectivity index (χ1v) is 10.1. The lowest BCUT2D eigenvalue weighted by molar-refractivity contribution is 0.0599. The highest BCUT2D eigenvalue weighted by atomic mass is 19.1. The number of hydrogen-bond acceptors (Lipinski definition) is 4. The average Bonchev–Trinajstić information content (AvgIpc) is 2.78. The van der Waals surface area contributed by atoms with Crippen molar-refractivity contribution in [1.29, 1.82) is 0 Å². The summed E-state index contributed by atoms with van der Waals surface area (Å²) in [6.07, 6.45) is 5.87. The van der Waals surface area contributed by atoms with E-state index in [1.165, 1.54) is 13.2 Å². The van der Waals surface area contributed by atoms with Crippen molar-refractivity contribution in [2.24, 2.45) is 0 Å². The van der Waals surface area contributed by atoms with E-state index in [-0.39, 0.29) is 11.8 Å². The molecule has 1 aliphatic rings. The molecular formula is C25H24FNO3. The van der Waals surface area contributed by atoms with E-state index in [4.69, 9.17) is 9.47 Å². The number of methoxy groups -OCH3 is 1. The number of aromatic nitrogens is 1. The van der Waals surface area contributed by atoms with Crippen LogP contribution >= 0.6 is 0 Å². The molecule has 0 bridgehead atoms. The van der Waals surface area contributed by atoms with Gasteiger partial charge >= 0.3 is 5.97 Å². The Labute approximate surface area is 175 Å². The lowest BCUT2D eigenvalue weighted by Crippen LogP contribution is -2.15. The Bertz CT molecular complexity index is 1080. The summed E-state index contributed by atoms with van der Waals surface area (Å²) < 4.78 is 24.6. The van der Waals surface area contributed by atoms with Crippen LogP contribution in [-0.2, 0) is 11.2 Å². The molecule has 30 heavy (non-hydrogen) atoms. The first-order valence-electron chi connectivity index (χ1n) is 10.1. The van der Waals surface area contributed by atoms with Crippen LogP contribution in [-0.4, -0.2) is 24.7 Å². The standard InChI is InChI=1S/C25H24FNO3/c1-16-3-7-20(26)14-23(16)18-6-8-21-17(10-12-30-24(21)13-18)4-5-19-15-27-11-9-22(19)25(28)29-2/h3,6-9,11,13-15,17H,4-5,10,12H2,1-2H3/t17-/m1/s1. The molecule has 0 fully saturated rings. The van der Waals surface area contributed by atoms with Gasteiger partial charge in [0, 0.05) is 12.4 Å². The second-order valence-electron chi connectivity index (χ2n) is 7.61. The topological polar surface area (TPSA) is 48.4 Å². The quantitative estimate of drug-likeness (QED) is 0.527. The highest BCUT2D eigenvalue weighted by Crippen LogP contribution is 2.39. The maximum absolute atomic E-state index is 13.7.